The molecular formula is C20H44N2. The monoisotopic (exact) mass is 312 g/mol. The zero-order chi connectivity index (χ0) is 16.6. The van der Waals surface area contributed by atoms with Gasteiger partial charge in [-0.1, -0.05) is 60.3 Å². The number of hydrogen-bond acceptors (Lipinski definition) is 2. The van der Waals surface area contributed by atoms with Gasteiger partial charge in [0.05, 0.1) is 0 Å². The first-order valence-electron chi connectivity index (χ1n) is 10.2. The van der Waals surface area contributed by atoms with Crippen molar-refractivity contribution in [3.63, 3.8) is 0 Å². The fraction of sp³-hybridized carbons (Fsp3) is 1.00. The van der Waals surface area contributed by atoms with Crippen molar-refractivity contribution in [2.45, 2.75) is 98.4 Å². The van der Waals surface area contributed by atoms with Crippen LogP contribution in [0.1, 0.15) is 92.4 Å². The topological polar surface area (TPSA) is 6.48 Å². The first-order valence-corrected chi connectivity index (χ1v) is 10.2. The van der Waals surface area contributed by atoms with E-state index in [1.54, 1.807) is 0 Å². The summed E-state index contributed by atoms with van der Waals surface area (Å²) in [5.41, 5.74) is 0. The Hall–Kier alpha value is -0.0800. The third-order valence-electron chi connectivity index (χ3n) is 4.71. The van der Waals surface area contributed by atoms with Crippen LogP contribution >= 0.6 is 0 Å². The molecule has 0 fully saturated rings. The smallest absolute Gasteiger partial charge is 0.0220 e. The SMILES string of the molecule is CCCCN(CCCC)CC(CC)N(CCCC)CCCC. The van der Waals surface area contributed by atoms with E-state index in [9.17, 15) is 0 Å². The fourth-order valence-corrected chi connectivity index (χ4v) is 3.06. The second-order valence-corrected chi connectivity index (χ2v) is 6.81. The Bertz CT molecular complexity index is 202. The molecule has 0 aromatic rings. The van der Waals surface area contributed by atoms with E-state index in [2.05, 4.69) is 44.4 Å². The van der Waals surface area contributed by atoms with E-state index in [1.165, 1.54) is 90.5 Å². The molecule has 1 unspecified atom stereocenters. The van der Waals surface area contributed by atoms with Crippen molar-refractivity contribution in [2.24, 2.45) is 0 Å². The van der Waals surface area contributed by atoms with Gasteiger partial charge in [0.15, 0.2) is 0 Å². The summed E-state index contributed by atoms with van der Waals surface area (Å²) in [6.07, 6.45) is 12.0. The van der Waals surface area contributed by atoms with Crippen LogP contribution in [0, 0.1) is 0 Å². The van der Waals surface area contributed by atoms with Gasteiger partial charge in [0.1, 0.15) is 0 Å². The normalized spacial score (nSPS) is 13.2. The average molecular weight is 313 g/mol. The highest BCUT2D eigenvalue weighted by Crippen LogP contribution is 2.12. The molecule has 0 aromatic carbocycles. The second kappa shape index (κ2) is 15.8. The van der Waals surface area contributed by atoms with Gasteiger partial charge in [-0.2, -0.15) is 0 Å². The van der Waals surface area contributed by atoms with Gasteiger partial charge in [0.25, 0.3) is 0 Å². The molecule has 0 saturated carbocycles. The summed E-state index contributed by atoms with van der Waals surface area (Å²) in [5, 5.41) is 0. The predicted octanol–water partition coefficient (Wildman–Crippen LogP) is 5.57. The molecule has 134 valence electrons. The largest absolute Gasteiger partial charge is 0.302 e. The Balaban J connectivity index is 4.57. The van der Waals surface area contributed by atoms with Crippen molar-refractivity contribution in [1.82, 2.24) is 9.80 Å². The van der Waals surface area contributed by atoms with Gasteiger partial charge in [0.2, 0.25) is 0 Å². The van der Waals surface area contributed by atoms with Crippen LogP contribution in [0.15, 0.2) is 0 Å². The highest BCUT2D eigenvalue weighted by atomic mass is 15.2. The summed E-state index contributed by atoms with van der Waals surface area (Å²) >= 11 is 0. The maximum absolute atomic E-state index is 2.79. The van der Waals surface area contributed by atoms with Crippen LogP contribution in [-0.4, -0.2) is 48.6 Å². The molecule has 2 heteroatoms. The van der Waals surface area contributed by atoms with E-state index in [1.807, 2.05) is 0 Å². The summed E-state index contributed by atoms with van der Waals surface area (Å²) < 4.78 is 0. The molecule has 22 heavy (non-hydrogen) atoms. The molecule has 0 N–H and O–H groups in total. The number of hydrogen-bond donors (Lipinski definition) is 0. The van der Waals surface area contributed by atoms with Crippen molar-refractivity contribution in [3.8, 4) is 0 Å². The Morgan fingerprint density at radius 3 is 1.36 bits per heavy atom. The lowest BCUT2D eigenvalue weighted by Crippen LogP contribution is -2.45. The molecule has 0 spiro atoms. The maximum Gasteiger partial charge on any atom is 0.0220 e. The van der Waals surface area contributed by atoms with Crippen LogP contribution in [0.25, 0.3) is 0 Å². The molecule has 0 amide bonds. The van der Waals surface area contributed by atoms with Gasteiger partial charge in [-0.05, 0) is 58.3 Å². The van der Waals surface area contributed by atoms with Gasteiger partial charge in [-0.3, -0.25) is 4.90 Å². The van der Waals surface area contributed by atoms with Crippen molar-refractivity contribution in [3.05, 3.63) is 0 Å². The standard InChI is InChI=1S/C20H44N2/c1-6-11-15-21(16-12-7-2)19-20(10-5)22(17-13-8-3)18-14-9-4/h20H,6-19H2,1-5H3. The van der Waals surface area contributed by atoms with E-state index in [-0.39, 0.29) is 0 Å². The van der Waals surface area contributed by atoms with Crippen LogP contribution < -0.4 is 0 Å². The molecule has 0 aliphatic carbocycles. The molecule has 0 saturated heterocycles. The minimum atomic E-state index is 0.756. The molecule has 0 aliphatic heterocycles. The number of unbranched alkanes of at least 4 members (excludes halogenated alkanes) is 4. The Morgan fingerprint density at radius 1 is 0.591 bits per heavy atom. The van der Waals surface area contributed by atoms with E-state index < -0.39 is 0 Å². The summed E-state index contributed by atoms with van der Waals surface area (Å²) in [4.78, 5) is 5.53. The van der Waals surface area contributed by atoms with Gasteiger partial charge in [0, 0.05) is 12.6 Å². The quantitative estimate of drug-likeness (QED) is 0.367. The van der Waals surface area contributed by atoms with Gasteiger partial charge in [-0.25, -0.2) is 0 Å². The lowest BCUT2D eigenvalue weighted by molar-refractivity contribution is 0.128. The van der Waals surface area contributed by atoms with Crippen LogP contribution in [-0.2, 0) is 0 Å². The predicted molar refractivity (Wildman–Crippen MR) is 102 cm³/mol. The van der Waals surface area contributed by atoms with E-state index >= 15 is 0 Å². The van der Waals surface area contributed by atoms with Crippen molar-refractivity contribution < 1.29 is 0 Å². The Morgan fingerprint density at radius 2 is 1.00 bits per heavy atom. The van der Waals surface area contributed by atoms with Crippen molar-refractivity contribution >= 4 is 0 Å². The summed E-state index contributed by atoms with van der Waals surface area (Å²) in [6.45, 7) is 18.1. The van der Waals surface area contributed by atoms with Gasteiger partial charge in [-0.15, -0.1) is 0 Å². The number of nitrogens with zero attached hydrogens (tertiary/aromatic N) is 2. The zero-order valence-corrected chi connectivity index (χ0v) is 16.4. The highest BCUT2D eigenvalue weighted by molar-refractivity contribution is 4.75. The summed E-state index contributed by atoms with van der Waals surface area (Å²) in [5.74, 6) is 0. The van der Waals surface area contributed by atoms with Crippen LogP contribution in [0.2, 0.25) is 0 Å². The molecule has 0 aliphatic rings. The van der Waals surface area contributed by atoms with E-state index in [0.29, 0.717) is 0 Å². The molecule has 0 bridgehead atoms. The van der Waals surface area contributed by atoms with Crippen molar-refractivity contribution in [1.29, 1.82) is 0 Å². The molecular weight excluding hydrogens is 268 g/mol. The molecule has 0 aromatic heterocycles. The molecule has 0 heterocycles. The second-order valence-electron chi connectivity index (χ2n) is 6.81. The van der Waals surface area contributed by atoms with Gasteiger partial charge >= 0.3 is 0 Å². The molecule has 2 nitrogen and oxygen atoms in total. The van der Waals surface area contributed by atoms with Crippen molar-refractivity contribution in [2.75, 3.05) is 32.7 Å². The zero-order valence-electron chi connectivity index (χ0n) is 16.4. The number of rotatable bonds is 16. The third-order valence-corrected chi connectivity index (χ3v) is 4.71. The summed E-state index contributed by atoms with van der Waals surface area (Å²) in [6, 6.07) is 0.756. The average Bonchev–Trinajstić information content (AvgIpc) is 2.55. The van der Waals surface area contributed by atoms with E-state index in [4.69, 9.17) is 0 Å². The first-order chi connectivity index (χ1) is 10.7. The molecule has 0 radical (unpaired) electrons. The van der Waals surface area contributed by atoms with Crippen LogP contribution in [0.4, 0.5) is 0 Å². The van der Waals surface area contributed by atoms with Gasteiger partial charge < -0.3 is 4.90 Å². The van der Waals surface area contributed by atoms with Crippen LogP contribution in [0.3, 0.4) is 0 Å². The fourth-order valence-electron chi connectivity index (χ4n) is 3.06. The summed E-state index contributed by atoms with van der Waals surface area (Å²) in [7, 11) is 0. The maximum atomic E-state index is 2.79. The first kappa shape index (κ1) is 21.9. The Labute approximate surface area is 141 Å². The lowest BCUT2D eigenvalue weighted by Gasteiger charge is -2.35. The minimum absolute atomic E-state index is 0.756. The lowest BCUT2D eigenvalue weighted by atomic mass is 10.1. The molecule has 0 rings (SSSR count). The Kier molecular flexibility index (Phi) is 15.7. The highest BCUT2D eigenvalue weighted by Gasteiger charge is 2.19. The molecule has 1 atom stereocenters. The van der Waals surface area contributed by atoms with E-state index in [0.717, 1.165) is 6.04 Å². The minimum Gasteiger partial charge on any atom is -0.302 e. The van der Waals surface area contributed by atoms with Crippen LogP contribution in [0.5, 0.6) is 0 Å². The third kappa shape index (κ3) is 10.6.